The zero-order chi connectivity index (χ0) is 19.4. The molecule has 0 spiro atoms. The predicted molar refractivity (Wildman–Crippen MR) is 102 cm³/mol. The van der Waals surface area contributed by atoms with Crippen molar-refractivity contribution in [1.29, 1.82) is 5.26 Å². The maximum absolute atomic E-state index is 12.2. The molecule has 2 aromatic rings. The van der Waals surface area contributed by atoms with Crippen molar-refractivity contribution < 1.29 is 0 Å². The molecule has 0 saturated heterocycles. The minimum Gasteiger partial charge on any atom is -0.368 e. The highest BCUT2D eigenvalue weighted by Gasteiger charge is 2.19. The van der Waals surface area contributed by atoms with E-state index in [-0.39, 0.29) is 17.4 Å². The maximum Gasteiger partial charge on any atom is 0.332 e. The van der Waals surface area contributed by atoms with Crippen molar-refractivity contribution >= 4 is 5.82 Å². The van der Waals surface area contributed by atoms with Gasteiger partial charge < -0.3 is 10.2 Å². The van der Waals surface area contributed by atoms with E-state index in [0.717, 1.165) is 16.6 Å². The number of hydrogen-bond acceptors (Lipinski definition) is 5. The zero-order valence-corrected chi connectivity index (χ0v) is 15.9. The van der Waals surface area contributed by atoms with Gasteiger partial charge in [0.2, 0.25) is 0 Å². The molecule has 0 aliphatic rings. The van der Waals surface area contributed by atoms with E-state index in [1.807, 2.05) is 20.2 Å². The molecule has 0 bridgehead atoms. The number of rotatable bonds is 6. The number of aromatic nitrogens is 2. The van der Waals surface area contributed by atoms with Crippen LogP contribution in [-0.4, -0.2) is 34.7 Å². The normalized spacial score (nSPS) is 12.0. The second-order valence-electron chi connectivity index (χ2n) is 6.50. The van der Waals surface area contributed by atoms with E-state index in [4.69, 9.17) is 0 Å². The third-order valence-electron chi connectivity index (χ3n) is 4.64. The third kappa shape index (κ3) is 3.70. The van der Waals surface area contributed by atoms with Gasteiger partial charge in [0, 0.05) is 20.6 Å². The summed E-state index contributed by atoms with van der Waals surface area (Å²) in [5, 5.41) is 12.5. The summed E-state index contributed by atoms with van der Waals surface area (Å²) in [6.07, 6.45) is 0.978. The summed E-state index contributed by atoms with van der Waals surface area (Å²) in [5.74, 6) is 0.248. The lowest BCUT2D eigenvalue weighted by Gasteiger charge is -2.26. The summed E-state index contributed by atoms with van der Waals surface area (Å²) < 4.78 is 2.24. The second-order valence-corrected chi connectivity index (χ2v) is 6.50. The lowest BCUT2D eigenvalue weighted by molar-refractivity contribution is 0.311. The van der Waals surface area contributed by atoms with Gasteiger partial charge in [-0.25, -0.2) is 4.79 Å². The van der Waals surface area contributed by atoms with E-state index in [0.29, 0.717) is 6.54 Å². The first-order valence-corrected chi connectivity index (χ1v) is 8.51. The first-order valence-electron chi connectivity index (χ1n) is 8.51. The SMILES string of the molecule is CCc1ccc(C(CNc2c(C#N)c(=O)n(C)c(=O)n2C)N(C)C)cc1. The molecule has 7 heteroatoms. The lowest BCUT2D eigenvalue weighted by Crippen LogP contribution is -2.40. The summed E-state index contributed by atoms with van der Waals surface area (Å²) in [6, 6.07) is 10.3. The molecule has 1 aromatic carbocycles. The highest BCUT2D eigenvalue weighted by molar-refractivity contribution is 5.51. The van der Waals surface area contributed by atoms with Crippen molar-refractivity contribution in [2.45, 2.75) is 19.4 Å². The molecule has 0 fully saturated rings. The Balaban J connectivity index is 2.37. The van der Waals surface area contributed by atoms with Crippen LogP contribution in [0.5, 0.6) is 0 Å². The molecule has 0 saturated carbocycles. The van der Waals surface area contributed by atoms with Gasteiger partial charge in [-0.15, -0.1) is 0 Å². The van der Waals surface area contributed by atoms with E-state index in [2.05, 4.69) is 41.4 Å². The molecule has 0 radical (unpaired) electrons. The maximum atomic E-state index is 12.2. The predicted octanol–water partition coefficient (Wildman–Crippen LogP) is 1.23. The number of benzene rings is 1. The Labute approximate surface area is 153 Å². The van der Waals surface area contributed by atoms with Crippen LogP contribution in [0.4, 0.5) is 5.82 Å². The van der Waals surface area contributed by atoms with Crippen LogP contribution in [0.1, 0.15) is 29.7 Å². The Morgan fingerprint density at radius 3 is 2.27 bits per heavy atom. The van der Waals surface area contributed by atoms with Crippen LogP contribution in [0.15, 0.2) is 33.9 Å². The van der Waals surface area contributed by atoms with Crippen LogP contribution in [-0.2, 0) is 20.5 Å². The average Bonchev–Trinajstić information content (AvgIpc) is 2.64. The number of aryl methyl sites for hydroxylation is 1. The fourth-order valence-corrected chi connectivity index (χ4v) is 2.92. The molecule has 7 nitrogen and oxygen atoms in total. The Kier molecular flexibility index (Phi) is 6.01. The van der Waals surface area contributed by atoms with Gasteiger partial charge in [0.1, 0.15) is 11.9 Å². The minimum absolute atomic E-state index is 0.0200. The summed E-state index contributed by atoms with van der Waals surface area (Å²) in [7, 11) is 6.85. The van der Waals surface area contributed by atoms with Crippen LogP contribution in [0.3, 0.4) is 0 Å². The largest absolute Gasteiger partial charge is 0.368 e. The van der Waals surface area contributed by atoms with Gasteiger partial charge in [-0.3, -0.25) is 13.9 Å². The Morgan fingerprint density at radius 1 is 1.15 bits per heavy atom. The standard InChI is InChI=1S/C19H25N5O2/c1-6-13-7-9-14(10-8-13)16(22(2)3)12-21-17-15(11-20)18(25)24(5)19(26)23(17)4/h7-10,16,21H,6,12H2,1-5H3. The van der Waals surface area contributed by atoms with Crippen molar-refractivity contribution in [2.75, 3.05) is 26.0 Å². The molecular formula is C19H25N5O2. The van der Waals surface area contributed by atoms with Gasteiger partial charge in [0.25, 0.3) is 5.56 Å². The number of nitrogens with zero attached hydrogens (tertiary/aromatic N) is 4. The zero-order valence-electron chi connectivity index (χ0n) is 15.9. The molecule has 1 atom stereocenters. The topological polar surface area (TPSA) is 83.1 Å². The number of nitrogens with one attached hydrogen (secondary N) is 1. The van der Waals surface area contributed by atoms with Crippen LogP contribution in [0, 0.1) is 11.3 Å². The van der Waals surface area contributed by atoms with Gasteiger partial charge in [0.15, 0.2) is 5.56 Å². The summed E-state index contributed by atoms with van der Waals surface area (Å²) >= 11 is 0. The minimum atomic E-state index is -0.591. The molecule has 26 heavy (non-hydrogen) atoms. The van der Waals surface area contributed by atoms with Crippen LogP contribution < -0.4 is 16.6 Å². The van der Waals surface area contributed by atoms with E-state index in [1.165, 1.54) is 17.2 Å². The Morgan fingerprint density at radius 2 is 1.77 bits per heavy atom. The molecule has 1 unspecified atom stereocenters. The number of anilines is 1. The fourth-order valence-electron chi connectivity index (χ4n) is 2.92. The van der Waals surface area contributed by atoms with Crippen LogP contribution >= 0.6 is 0 Å². The van der Waals surface area contributed by atoms with Gasteiger partial charge >= 0.3 is 5.69 Å². The molecule has 1 heterocycles. The van der Waals surface area contributed by atoms with Crippen molar-refractivity contribution in [3.05, 3.63) is 61.8 Å². The van der Waals surface area contributed by atoms with Crippen molar-refractivity contribution in [2.24, 2.45) is 14.1 Å². The Bertz CT molecular complexity index is 933. The van der Waals surface area contributed by atoms with E-state index in [1.54, 1.807) is 7.05 Å². The fraction of sp³-hybridized carbons (Fsp3) is 0.421. The second kappa shape index (κ2) is 8.02. The molecule has 0 aliphatic carbocycles. The monoisotopic (exact) mass is 355 g/mol. The first-order chi connectivity index (χ1) is 12.3. The van der Waals surface area contributed by atoms with E-state index in [9.17, 15) is 14.9 Å². The molecule has 2 rings (SSSR count). The molecule has 1 aromatic heterocycles. The van der Waals surface area contributed by atoms with Gasteiger partial charge in [-0.1, -0.05) is 31.2 Å². The van der Waals surface area contributed by atoms with Crippen molar-refractivity contribution in [3.63, 3.8) is 0 Å². The summed E-state index contributed by atoms with van der Waals surface area (Å²) in [5.41, 5.74) is 1.26. The highest BCUT2D eigenvalue weighted by atomic mass is 16.2. The quantitative estimate of drug-likeness (QED) is 0.843. The van der Waals surface area contributed by atoms with E-state index >= 15 is 0 Å². The highest BCUT2D eigenvalue weighted by Crippen LogP contribution is 2.20. The third-order valence-corrected chi connectivity index (χ3v) is 4.64. The molecule has 1 N–H and O–H groups in total. The molecule has 0 amide bonds. The number of hydrogen-bond donors (Lipinski definition) is 1. The first kappa shape index (κ1) is 19.5. The Hall–Kier alpha value is -2.85. The van der Waals surface area contributed by atoms with Gasteiger partial charge in [0.05, 0.1) is 6.04 Å². The average molecular weight is 355 g/mol. The smallest absolute Gasteiger partial charge is 0.332 e. The van der Waals surface area contributed by atoms with Crippen LogP contribution in [0.2, 0.25) is 0 Å². The van der Waals surface area contributed by atoms with Crippen LogP contribution in [0.25, 0.3) is 0 Å². The van der Waals surface area contributed by atoms with E-state index < -0.39 is 11.2 Å². The van der Waals surface area contributed by atoms with Crippen molar-refractivity contribution in [1.82, 2.24) is 14.0 Å². The molecule has 138 valence electrons. The summed E-state index contributed by atoms with van der Waals surface area (Å²) in [4.78, 5) is 26.4. The lowest BCUT2D eigenvalue weighted by atomic mass is 10.0. The van der Waals surface area contributed by atoms with Gasteiger partial charge in [-0.2, -0.15) is 5.26 Å². The molecular weight excluding hydrogens is 330 g/mol. The number of nitriles is 1. The number of likely N-dealkylation sites (N-methyl/N-ethyl adjacent to an activating group) is 1. The summed E-state index contributed by atoms with van der Waals surface area (Å²) in [6.45, 7) is 2.56. The molecule has 0 aliphatic heterocycles. The van der Waals surface area contributed by atoms with Gasteiger partial charge in [-0.05, 0) is 31.6 Å². The van der Waals surface area contributed by atoms with Crippen molar-refractivity contribution in [3.8, 4) is 6.07 Å².